The molecule has 0 spiro atoms. The lowest BCUT2D eigenvalue weighted by Crippen LogP contribution is -2.46. The van der Waals surface area contributed by atoms with Gasteiger partial charge in [-0.05, 0) is 42.3 Å². The lowest BCUT2D eigenvalue weighted by Gasteiger charge is -2.16. The van der Waals surface area contributed by atoms with Crippen LogP contribution in [0.5, 0.6) is 0 Å². The predicted octanol–water partition coefficient (Wildman–Crippen LogP) is 2.02. The Morgan fingerprint density at radius 1 is 0.903 bits per heavy atom. The van der Waals surface area contributed by atoms with Crippen molar-refractivity contribution < 1.29 is 4.79 Å². The van der Waals surface area contributed by atoms with E-state index in [1.54, 1.807) is 6.20 Å². The van der Waals surface area contributed by atoms with Gasteiger partial charge >= 0.3 is 0 Å². The van der Waals surface area contributed by atoms with Crippen LogP contribution in [-0.2, 0) is 31.0 Å². The molecule has 0 aliphatic heterocycles. The molecule has 1 amide bonds. The Morgan fingerprint density at radius 3 is 2.32 bits per heavy atom. The van der Waals surface area contributed by atoms with Gasteiger partial charge in [-0.25, -0.2) is 0 Å². The van der Waals surface area contributed by atoms with E-state index in [0.717, 1.165) is 35.7 Å². The van der Waals surface area contributed by atoms with Crippen LogP contribution in [0.25, 0.3) is 0 Å². The average molecular weight is 434 g/mol. The van der Waals surface area contributed by atoms with Crippen molar-refractivity contribution in [1.82, 2.24) is 25.9 Å². The molecule has 2 heterocycles. The van der Waals surface area contributed by atoms with Crippen LogP contribution in [0.3, 0.4) is 0 Å². The van der Waals surface area contributed by atoms with Gasteiger partial charge in [-0.3, -0.25) is 14.8 Å². The first-order chi connectivity index (χ1) is 15.1. The maximum Gasteiger partial charge on any atom is 0.233 e. The molecule has 2 aromatic heterocycles. The number of nitrogens with zero attached hydrogens (tertiary/aromatic N) is 2. The number of benzene rings is 1. The molecule has 31 heavy (non-hydrogen) atoms. The molecule has 1 aromatic carbocycles. The van der Waals surface area contributed by atoms with Crippen LogP contribution in [0.2, 0.25) is 6.55 Å². The van der Waals surface area contributed by atoms with Crippen LogP contribution in [0.15, 0.2) is 66.9 Å². The van der Waals surface area contributed by atoms with Gasteiger partial charge in [0, 0.05) is 47.6 Å². The molecule has 3 rings (SSSR count). The van der Waals surface area contributed by atoms with E-state index in [1.165, 1.54) is 5.56 Å². The van der Waals surface area contributed by atoms with Gasteiger partial charge in [0.25, 0.3) is 0 Å². The van der Waals surface area contributed by atoms with Gasteiger partial charge in [0.15, 0.2) is 0 Å². The number of rotatable bonds is 11. The highest BCUT2D eigenvalue weighted by Crippen LogP contribution is 2.05. The fourth-order valence-corrected chi connectivity index (χ4v) is 4.22. The number of aromatic nitrogens is 2. The SMILES string of the molecule is C[SiH2][C@H](NCc1ccccn1)C(=O)NCc1ccc(CNCc2cccc(C)n2)cc1. The molecular formula is C24H31N5OSi. The van der Waals surface area contributed by atoms with E-state index >= 15 is 0 Å². The van der Waals surface area contributed by atoms with Gasteiger partial charge in [-0.1, -0.05) is 42.9 Å². The van der Waals surface area contributed by atoms with E-state index in [9.17, 15) is 4.79 Å². The second-order valence-electron chi connectivity index (χ2n) is 7.57. The van der Waals surface area contributed by atoms with Crippen molar-refractivity contribution in [2.24, 2.45) is 0 Å². The van der Waals surface area contributed by atoms with Crippen LogP contribution in [0.1, 0.15) is 28.2 Å². The van der Waals surface area contributed by atoms with Crippen LogP contribution in [0.4, 0.5) is 0 Å². The number of hydrogen-bond donors (Lipinski definition) is 3. The molecule has 3 N–H and O–H groups in total. The molecule has 0 radical (unpaired) electrons. The molecule has 0 aliphatic carbocycles. The number of hydrogen-bond acceptors (Lipinski definition) is 5. The zero-order valence-electron chi connectivity index (χ0n) is 18.3. The molecule has 0 saturated carbocycles. The molecule has 0 saturated heterocycles. The molecule has 0 unspecified atom stereocenters. The van der Waals surface area contributed by atoms with Crippen molar-refractivity contribution in [3.63, 3.8) is 0 Å². The Labute approximate surface area is 186 Å². The maximum absolute atomic E-state index is 12.6. The van der Waals surface area contributed by atoms with E-state index < -0.39 is 9.52 Å². The second kappa shape index (κ2) is 12.1. The van der Waals surface area contributed by atoms with E-state index in [2.05, 4.69) is 56.7 Å². The normalized spacial score (nSPS) is 12.2. The zero-order chi connectivity index (χ0) is 21.9. The third-order valence-corrected chi connectivity index (χ3v) is 6.53. The minimum Gasteiger partial charge on any atom is -0.351 e. The first kappa shape index (κ1) is 22.8. The van der Waals surface area contributed by atoms with Crippen LogP contribution in [0, 0.1) is 6.92 Å². The van der Waals surface area contributed by atoms with Gasteiger partial charge in [0.1, 0.15) is 0 Å². The number of amides is 1. The summed E-state index contributed by atoms with van der Waals surface area (Å²) in [5, 5.41) is 9.83. The Balaban J connectivity index is 1.40. The molecule has 0 fully saturated rings. The largest absolute Gasteiger partial charge is 0.351 e. The number of aryl methyl sites for hydroxylation is 1. The van der Waals surface area contributed by atoms with Crippen LogP contribution < -0.4 is 16.0 Å². The summed E-state index contributed by atoms with van der Waals surface area (Å²) in [4.78, 5) is 21.4. The van der Waals surface area contributed by atoms with E-state index in [1.807, 2.05) is 43.3 Å². The summed E-state index contributed by atoms with van der Waals surface area (Å²) in [7, 11) is -0.541. The topological polar surface area (TPSA) is 78.9 Å². The van der Waals surface area contributed by atoms with Crippen molar-refractivity contribution in [1.29, 1.82) is 0 Å². The van der Waals surface area contributed by atoms with E-state index in [4.69, 9.17) is 0 Å². The van der Waals surface area contributed by atoms with Crippen molar-refractivity contribution in [2.75, 3.05) is 0 Å². The van der Waals surface area contributed by atoms with Gasteiger partial charge in [0.2, 0.25) is 5.91 Å². The van der Waals surface area contributed by atoms with E-state index in [0.29, 0.717) is 13.1 Å². The first-order valence-electron chi connectivity index (χ1n) is 10.8. The monoisotopic (exact) mass is 433 g/mol. The number of nitrogens with one attached hydrogen (secondary N) is 3. The summed E-state index contributed by atoms with van der Waals surface area (Å²) in [6.07, 6.45) is 1.77. The fraction of sp³-hybridized carbons (Fsp3) is 0.292. The third kappa shape index (κ3) is 7.71. The highest BCUT2D eigenvalue weighted by molar-refractivity contribution is 6.42. The second-order valence-corrected chi connectivity index (χ2v) is 9.20. The molecule has 3 aromatic rings. The summed E-state index contributed by atoms with van der Waals surface area (Å²) in [6, 6.07) is 20.2. The molecule has 0 aliphatic rings. The first-order valence-corrected chi connectivity index (χ1v) is 13.0. The van der Waals surface area contributed by atoms with Crippen molar-refractivity contribution in [2.45, 2.75) is 45.3 Å². The molecule has 1 atom stereocenters. The Kier molecular flexibility index (Phi) is 8.90. The average Bonchev–Trinajstić information content (AvgIpc) is 2.80. The van der Waals surface area contributed by atoms with Gasteiger partial charge in [-0.2, -0.15) is 0 Å². The highest BCUT2D eigenvalue weighted by Gasteiger charge is 2.15. The molecule has 6 nitrogen and oxygen atoms in total. The Hall–Kier alpha value is -2.87. The summed E-state index contributed by atoms with van der Waals surface area (Å²) in [5.41, 5.74) is 5.23. The standard InChI is InChI=1S/C24H31N5OSi/c1-18-6-5-8-22(29-18)16-25-14-19-9-11-20(12-10-19)15-27-23(30)24(31-2)28-17-21-7-3-4-13-26-21/h3-13,24-25,28H,14-17,31H2,1-2H3,(H,27,30)/t24-/m0/s1. The number of pyridine rings is 2. The Bertz CT molecular complexity index is 950. The van der Waals surface area contributed by atoms with Gasteiger partial charge in [0.05, 0.1) is 17.1 Å². The van der Waals surface area contributed by atoms with Gasteiger partial charge in [-0.15, -0.1) is 0 Å². The van der Waals surface area contributed by atoms with E-state index in [-0.39, 0.29) is 11.6 Å². The van der Waals surface area contributed by atoms with Crippen molar-refractivity contribution in [3.8, 4) is 0 Å². The molecule has 7 heteroatoms. The summed E-state index contributed by atoms with van der Waals surface area (Å²) >= 11 is 0. The van der Waals surface area contributed by atoms with Crippen LogP contribution in [-0.4, -0.2) is 31.1 Å². The van der Waals surface area contributed by atoms with Crippen molar-refractivity contribution in [3.05, 3.63) is 95.1 Å². The zero-order valence-corrected chi connectivity index (χ0v) is 19.7. The smallest absolute Gasteiger partial charge is 0.233 e. The maximum atomic E-state index is 12.6. The molecule has 162 valence electrons. The molecular weight excluding hydrogens is 402 g/mol. The highest BCUT2D eigenvalue weighted by atomic mass is 28.2. The van der Waals surface area contributed by atoms with Gasteiger partial charge < -0.3 is 16.0 Å². The summed E-state index contributed by atoms with van der Waals surface area (Å²) in [5.74, 6) is 0.0708. The van der Waals surface area contributed by atoms with Crippen molar-refractivity contribution >= 4 is 15.4 Å². The minimum atomic E-state index is -0.541. The predicted molar refractivity (Wildman–Crippen MR) is 127 cm³/mol. The number of carbonyl (C=O) groups is 1. The fourth-order valence-electron chi connectivity index (χ4n) is 3.27. The third-order valence-electron chi connectivity index (χ3n) is 5.05. The summed E-state index contributed by atoms with van der Waals surface area (Å²) in [6.45, 7) is 6.82. The molecule has 0 bridgehead atoms. The Morgan fingerprint density at radius 2 is 1.65 bits per heavy atom. The van der Waals surface area contributed by atoms with Crippen LogP contribution >= 0.6 is 0 Å². The minimum absolute atomic E-state index is 0.0708. The number of carbonyl (C=O) groups excluding carboxylic acids is 1. The lowest BCUT2D eigenvalue weighted by molar-refractivity contribution is -0.121. The lowest BCUT2D eigenvalue weighted by atomic mass is 10.1. The quantitative estimate of drug-likeness (QED) is 0.403. The summed E-state index contributed by atoms with van der Waals surface area (Å²) < 4.78 is 0.